The van der Waals surface area contributed by atoms with E-state index in [1.54, 1.807) is 24.3 Å². The molecule has 0 amide bonds. The first-order chi connectivity index (χ1) is 12.4. The molecule has 4 N–H and O–H groups in total. The maximum Gasteiger partial charge on any atom is 0.405 e. The lowest BCUT2D eigenvalue weighted by atomic mass is 9.98. The highest BCUT2D eigenvalue weighted by Gasteiger charge is 2.48. The summed E-state index contributed by atoms with van der Waals surface area (Å²) in [7, 11) is 0.0970. The molecule has 1 aromatic carbocycles. The third-order valence-electron chi connectivity index (χ3n) is 3.98. The third-order valence-corrected chi connectivity index (χ3v) is 5.56. The molecule has 148 valence electrons. The molecule has 0 aromatic heterocycles. The number of nitrogens with one attached hydrogen (secondary N) is 1. The van der Waals surface area contributed by atoms with Gasteiger partial charge in [0.05, 0.1) is 13.7 Å². The van der Waals surface area contributed by atoms with Crippen molar-refractivity contribution in [1.82, 2.24) is 5.09 Å². The topological polar surface area (TPSA) is 136 Å². The van der Waals surface area contributed by atoms with Crippen molar-refractivity contribution in [2.45, 2.75) is 30.6 Å². The Balaban J connectivity index is 2.24. The van der Waals surface area contributed by atoms with Gasteiger partial charge in [0.15, 0.2) is 0 Å². The number of aliphatic hydroxyl groups excluding tert-OH is 3. The van der Waals surface area contributed by atoms with Gasteiger partial charge in [0.1, 0.15) is 35.9 Å². The number of methoxy groups -OCH3 is 1. The van der Waals surface area contributed by atoms with Gasteiger partial charge in [0.2, 0.25) is 6.29 Å². The average molecular weight is 393 g/mol. The lowest BCUT2D eigenvalue weighted by Crippen LogP contribution is -2.64. The van der Waals surface area contributed by atoms with Crippen molar-refractivity contribution in [3.63, 3.8) is 0 Å². The Hall–Kier alpha value is -1.23. The van der Waals surface area contributed by atoms with Crippen LogP contribution in [0.25, 0.3) is 0 Å². The SMILES string of the molecule is COc1ccc(O[C@@H]2O[C@H](CO)[C@@H](O)[C@H](O)[C@H]2NP(=O)(OC)OC)cc1. The van der Waals surface area contributed by atoms with Gasteiger partial charge in [-0.1, -0.05) is 0 Å². The second-order valence-electron chi connectivity index (χ2n) is 5.52. The van der Waals surface area contributed by atoms with E-state index >= 15 is 0 Å². The summed E-state index contributed by atoms with van der Waals surface area (Å²) in [4.78, 5) is 0. The molecule has 1 saturated heterocycles. The first-order valence-corrected chi connectivity index (χ1v) is 9.34. The molecule has 2 rings (SSSR count). The van der Waals surface area contributed by atoms with Crippen LogP contribution in [0.15, 0.2) is 24.3 Å². The van der Waals surface area contributed by atoms with E-state index < -0.39 is 45.0 Å². The molecular weight excluding hydrogens is 369 g/mol. The summed E-state index contributed by atoms with van der Waals surface area (Å²) < 4.78 is 38.3. The van der Waals surface area contributed by atoms with Crippen LogP contribution in [0.5, 0.6) is 11.5 Å². The zero-order valence-electron chi connectivity index (χ0n) is 14.6. The molecule has 1 heterocycles. The first-order valence-electron chi connectivity index (χ1n) is 7.80. The highest BCUT2D eigenvalue weighted by molar-refractivity contribution is 7.51. The Morgan fingerprint density at radius 1 is 1.08 bits per heavy atom. The molecule has 0 saturated carbocycles. The van der Waals surface area contributed by atoms with Crippen molar-refractivity contribution < 1.29 is 43.1 Å². The maximum absolute atomic E-state index is 12.4. The fourth-order valence-electron chi connectivity index (χ4n) is 2.47. The van der Waals surface area contributed by atoms with E-state index in [0.29, 0.717) is 11.5 Å². The van der Waals surface area contributed by atoms with E-state index in [4.69, 9.17) is 23.3 Å². The highest BCUT2D eigenvalue weighted by atomic mass is 31.2. The third kappa shape index (κ3) is 4.73. The Morgan fingerprint density at radius 3 is 2.15 bits per heavy atom. The van der Waals surface area contributed by atoms with E-state index in [1.807, 2.05) is 0 Å². The Kier molecular flexibility index (Phi) is 7.39. The largest absolute Gasteiger partial charge is 0.497 e. The number of hydrogen-bond acceptors (Lipinski definition) is 9. The molecule has 1 aliphatic heterocycles. The fraction of sp³-hybridized carbons (Fsp3) is 0.600. The van der Waals surface area contributed by atoms with Gasteiger partial charge in [0.25, 0.3) is 0 Å². The van der Waals surface area contributed by atoms with Gasteiger partial charge in [-0.2, -0.15) is 0 Å². The van der Waals surface area contributed by atoms with E-state index in [9.17, 15) is 19.9 Å². The second-order valence-corrected chi connectivity index (χ2v) is 7.50. The van der Waals surface area contributed by atoms with Gasteiger partial charge in [-0.25, -0.2) is 9.65 Å². The lowest BCUT2D eigenvalue weighted by Gasteiger charge is -2.42. The number of hydrogen-bond donors (Lipinski definition) is 4. The minimum absolute atomic E-state index is 0.368. The molecule has 0 radical (unpaired) electrons. The minimum Gasteiger partial charge on any atom is -0.497 e. The molecular formula is C15H24NO9P. The predicted molar refractivity (Wildman–Crippen MR) is 89.9 cm³/mol. The molecule has 1 aromatic rings. The Bertz CT molecular complexity index is 606. The summed E-state index contributed by atoms with van der Waals surface area (Å²) in [6.45, 7) is -0.542. The number of rotatable bonds is 8. The summed E-state index contributed by atoms with van der Waals surface area (Å²) in [5, 5.41) is 32.3. The summed E-state index contributed by atoms with van der Waals surface area (Å²) >= 11 is 0. The van der Waals surface area contributed by atoms with Gasteiger partial charge in [-0.3, -0.25) is 0 Å². The van der Waals surface area contributed by atoms with Crippen molar-refractivity contribution in [3.05, 3.63) is 24.3 Å². The zero-order chi connectivity index (χ0) is 19.3. The van der Waals surface area contributed by atoms with E-state index in [-0.39, 0.29) is 0 Å². The van der Waals surface area contributed by atoms with Crippen LogP contribution in [-0.4, -0.2) is 73.9 Å². The van der Waals surface area contributed by atoms with Gasteiger partial charge in [0, 0.05) is 14.2 Å². The van der Waals surface area contributed by atoms with Crippen molar-refractivity contribution in [3.8, 4) is 11.5 Å². The van der Waals surface area contributed by atoms with Crippen LogP contribution in [0.3, 0.4) is 0 Å². The van der Waals surface area contributed by atoms with Crippen LogP contribution >= 0.6 is 7.75 Å². The van der Waals surface area contributed by atoms with E-state index in [1.165, 1.54) is 21.3 Å². The van der Waals surface area contributed by atoms with Crippen LogP contribution in [-0.2, 0) is 18.3 Å². The molecule has 10 nitrogen and oxygen atoms in total. The molecule has 5 atom stereocenters. The standard InChI is InChI=1S/C15H24NO9P/c1-21-9-4-6-10(7-5-9)24-15-12(16-26(20,22-2)23-3)14(19)13(18)11(8-17)25-15/h4-7,11-15,17-19H,8H2,1-3H3,(H,16,20)/t11-,12-,13-,14-,15-/m1/s1. The van der Waals surface area contributed by atoms with Crippen molar-refractivity contribution in [1.29, 1.82) is 0 Å². The molecule has 26 heavy (non-hydrogen) atoms. The van der Waals surface area contributed by atoms with E-state index in [0.717, 1.165) is 0 Å². The second kappa shape index (κ2) is 9.12. The zero-order valence-corrected chi connectivity index (χ0v) is 15.5. The molecule has 1 aliphatic rings. The number of ether oxygens (including phenoxy) is 3. The molecule has 0 spiro atoms. The molecule has 0 unspecified atom stereocenters. The highest BCUT2D eigenvalue weighted by Crippen LogP contribution is 2.43. The van der Waals surface area contributed by atoms with Crippen molar-refractivity contribution in [2.24, 2.45) is 0 Å². The summed E-state index contributed by atoms with van der Waals surface area (Å²) in [6, 6.07) is 5.36. The van der Waals surface area contributed by atoms with Crippen molar-refractivity contribution in [2.75, 3.05) is 27.9 Å². The number of aliphatic hydroxyl groups is 3. The van der Waals surface area contributed by atoms with Crippen LogP contribution < -0.4 is 14.6 Å². The smallest absolute Gasteiger partial charge is 0.405 e. The van der Waals surface area contributed by atoms with Crippen LogP contribution in [0, 0.1) is 0 Å². The molecule has 11 heteroatoms. The predicted octanol–water partition coefficient (Wildman–Crippen LogP) is -0.128. The number of benzene rings is 1. The van der Waals surface area contributed by atoms with Crippen LogP contribution in [0.2, 0.25) is 0 Å². The van der Waals surface area contributed by atoms with E-state index in [2.05, 4.69) is 5.09 Å². The molecule has 0 bridgehead atoms. The lowest BCUT2D eigenvalue weighted by molar-refractivity contribution is -0.242. The van der Waals surface area contributed by atoms with Gasteiger partial charge >= 0.3 is 7.75 Å². The summed E-state index contributed by atoms with van der Waals surface area (Å²) in [6.07, 6.45) is -5.19. The monoisotopic (exact) mass is 393 g/mol. The Morgan fingerprint density at radius 2 is 1.65 bits per heavy atom. The van der Waals surface area contributed by atoms with Gasteiger partial charge < -0.3 is 38.6 Å². The molecule has 0 aliphatic carbocycles. The van der Waals surface area contributed by atoms with Crippen LogP contribution in [0.4, 0.5) is 0 Å². The maximum atomic E-state index is 12.4. The normalized spacial score (nSPS) is 29.4. The van der Waals surface area contributed by atoms with Crippen LogP contribution in [0.1, 0.15) is 0 Å². The minimum atomic E-state index is -3.76. The fourth-order valence-corrected chi connectivity index (χ4v) is 3.47. The van der Waals surface area contributed by atoms with Gasteiger partial charge in [-0.15, -0.1) is 0 Å². The van der Waals surface area contributed by atoms with Crippen molar-refractivity contribution >= 4 is 7.75 Å². The first kappa shape index (κ1) is 21.1. The van der Waals surface area contributed by atoms with Gasteiger partial charge in [-0.05, 0) is 24.3 Å². The Labute approximate surface area is 151 Å². The summed E-state index contributed by atoms with van der Waals surface area (Å²) in [5.41, 5.74) is 0. The molecule has 1 fully saturated rings. The quantitative estimate of drug-likeness (QED) is 0.442. The summed E-state index contributed by atoms with van der Waals surface area (Å²) in [5.74, 6) is 0.982. The average Bonchev–Trinajstić information content (AvgIpc) is 2.67.